The molecule has 0 radical (unpaired) electrons. The molecule has 0 amide bonds. The van der Waals surface area contributed by atoms with Crippen LogP contribution >= 0.6 is 0 Å². The highest BCUT2D eigenvalue weighted by molar-refractivity contribution is 5.58. The van der Waals surface area contributed by atoms with E-state index in [1.165, 1.54) is 12.2 Å². The van der Waals surface area contributed by atoms with Gasteiger partial charge in [-0.05, 0) is 19.9 Å². The highest BCUT2D eigenvalue weighted by Crippen LogP contribution is 2.27. The predicted octanol–water partition coefficient (Wildman–Crippen LogP) is 0.785. The quantitative estimate of drug-likeness (QED) is 0.466. The normalized spacial score (nSPS) is 31.8. The highest BCUT2D eigenvalue weighted by Gasteiger charge is 2.39. The molecule has 1 rings (SSSR count). The maximum atomic E-state index is 10.5. The van der Waals surface area contributed by atoms with Crippen molar-refractivity contribution < 1.29 is 14.3 Å². The van der Waals surface area contributed by atoms with Crippen LogP contribution < -0.4 is 0 Å². The lowest BCUT2D eigenvalue weighted by molar-refractivity contribution is -0.148. The van der Waals surface area contributed by atoms with Gasteiger partial charge < -0.3 is 14.3 Å². The number of hydrogen-bond donors (Lipinski definition) is 0. The molecule has 1 aliphatic heterocycles. The second-order valence-corrected chi connectivity index (χ2v) is 3.19. The van der Waals surface area contributed by atoms with E-state index in [1.54, 1.807) is 13.8 Å². The molecule has 1 saturated heterocycles. The van der Waals surface area contributed by atoms with Crippen molar-refractivity contribution in [3.05, 3.63) is 12.2 Å². The van der Waals surface area contributed by atoms with Crippen molar-refractivity contribution in [2.24, 2.45) is 0 Å². The van der Waals surface area contributed by atoms with Crippen LogP contribution in [0.5, 0.6) is 0 Å². The van der Waals surface area contributed by atoms with E-state index in [1.807, 2.05) is 6.07 Å². The van der Waals surface area contributed by atoms with Crippen LogP contribution in [0.3, 0.4) is 0 Å². The molecular weight excluding hydrogens is 170 g/mol. The summed E-state index contributed by atoms with van der Waals surface area (Å²) in [6, 6.07) is 1.83. The zero-order valence-electron chi connectivity index (χ0n) is 7.56. The van der Waals surface area contributed by atoms with Gasteiger partial charge in [-0.3, -0.25) is 0 Å². The van der Waals surface area contributed by atoms with E-state index in [2.05, 4.69) is 0 Å². The molecule has 0 spiro atoms. The fourth-order valence-electron chi connectivity index (χ4n) is 1.21. The van der Waals surface area contributed by atoms with E-state index in [9.17, 15) is 4.79 Å². The zero-order valence-corrected chi connectivity index (χ0v) is 7.56. The Hall–Kier alpha value is -1.18. The molecule has 4 nitrogen and oxygen atoms in total. The lowest BCUT2D eigenvalue weighted by Crippen LogP contribution is -2.22. The van der Waals surface area contributed by atoms with Crippen LogP contribution in [0.1, 0.15) is 13.8 Å². The third-order valence-corrected chi connectivity index (χ3v) is 1.66. The first-order valence-electron chi connectivity index (χ1n) is 3.96. The molecule has 0 saturated carbocycles. The number of rotatable bonds is 2. The van der Waals surface area contributed by atoms with Crippen molar-refractivity contribution in [3.8, 4) is 6.07 Å². The lowest BCUT2D eigenvalue weighted by atomic mass is 10.2. The molecule has 1 fully saturated rings. The number of ether oxygens (including phenoxy) is 2. The highest BCUT2D eigenvalue weighted by atomic mass is 16.8. The van der Waals surface area contributed by atoms with Crippen molar-refractivity contribution in [2.75, 3.05) is 0 Å². The first-order chi connectivity index (χ1) is 6.09. The second-order valence-electron chi connectivity index (χ2n) is 3.19. The summed E-state index contributed by atoms with van der Waals surface area (Å²) in [5.74, 6) is -0.754. The molecule has 70 valence electrons. The summed E-state index contributed by atoms with van der Waals surface area (Å²) >= 11 is 0. The molecule has 0 bridgehead atoms. The van der Waals surface area contributed by atoms with E-state index in [-0.39, 0.29) is 0 Å². The zero-order chi connectivity index (χ0) is 9.90. The fourth-order valence-corrected chi connectivity index (χ4v) is 1.21. The van der Waals surface area contributed by atoms with Gasteiger partial charge in [0.1, 0.15) is 12.2 Å². The van der Waals surface area contributed by atoms with Crippen LogP contribution in [0.4, 0.5) is 0 Å². The van der Waals surface area contributed by atoms with Crippen molar-refractivity contribution >= 4 is 6.29 Å². The van der Waals surface area contributed by atoms with Gasteiger partial charge in [-0.2, -0.15) is 5.26 Å². The molecule has 1 heterocycles. The minimum Gasteiger partial charge on any atom is -0.340 e. The van der Waals surface area contributed by atoms with Crippen LogP contribution in [0, 0.1) is 11.3 Å². The van der Waals surface area contributed by atoms with Crippen LogP contribution in [0.15, 0.2) is 12.2 Å². The Morgan fingerprint density at radius 3 is 2.54 bits per heavy atom. The van der Waals surface area contributed by atoms with Gasteiger partial charge in [0.2, 0.25) is 0 Å². The van der Waals surface area contributed by atoms with Crippen LogP contribution in [0.25, 0.3) is 0 Å². The Morgan fingerprint density at radius 1 is 1.38 bits per heavy atom. The number of nitrogens with zero attached hydrogens (tertiary/aromatic N) is 1. The van der Waals surface area contributed by atoms with Gasteiger partial charge in [0.15, 0.2) is 12.1 Å². The average molecular weight is 181 g/mol. The van der Waals surface area contributed by atoms with E-state index in [0.717, 1.165) is 0 Å². The molecular formula is C9H11NO3. The molecule has 0 aromatic rings. The maximum Gasteiger partial charge on any atom is 0.164 e. The maximum absolute atomic E-state index is 10.5. The minimum absolute atomic E-state index is 0.452. The number of aldehydes is 1. The van der Waals surface area contributed by atoms with Gasteiger partial charge in [-0.1, -0.05) is 0 Å². The van der Waals surface area contributed by atoms with Crippen LogP contribution in [0.2, 0.25) is 0 Å². The van der Waals surface area contributed by atoms with Gasteiger partial charge in [0.25, 0.3) is 0 Å². The number of hydrogen-bond acceptors (Lipinski definition) is 4. The van der Waals surface area contributed by atoms with Crippen molar-refractivity contribution in [2.45, 2.75) is 31.8 Å². The number of carbonyl (C=O) groups is 1. The fraction of sp³-hybridized carbons (Fsp3) is 0.556. The van der Waals surface area contributed by atoms with Crippen molar-refractivity contribution in [1.29, 1.82) is 5.26 Å². The first kappa shape index (κ1) is 9.90. The Bertz CT molecular complexity index is 265. The van der Waals surface area contributed by atoms with Gasteiger partial charge in [0, 0.05) is 6.08 Å². The van der Waals surface area contributed by atoms with Gasteiger partial charge >= 0.3 is 0 Å². The topological polar surface area (TPSA) is 59.3 Å². The largest absolute Gasteiger partial charge is 0.340 e. The summed E-state index contributed by atoms with van der Waals surface area (Å²) in [6.45, 7) is 3.45. The molecule has 2 atom stereocenters. The Balaban J connectivity index is 2.70. The van der Waals surface area contributed by atoms with Crippen LogP contribution in [-0.4, -0.2) is 24.3 Å². The monoisotopic (exact) mass is 181 g/mol. The lowest BCUT2D eigenvalue weighted by Gasteiger charge is -2.15. The summed E-state index contributed by atoms with van der Waals surface area (Å²) in [6.07, 6.45) is 2.42. The summed E-state index contributed by atoms with van der Waals surface area (Å²) in [5, 5.41) is 8.29. The molecule has 0 aromatic heterocycles. The van der Waals surface area contributed by atoms with Gasteiger partial charge in [-0.15, -0.1) is 0 Å². The SMILES string of the molecule is CC1(C)OC(C=O)C(/C=C/C#N)O1. The Labute approximate surface area is 76.7 Å². The average Bonchev–Trinajstić information content (AvgIpc) is 2.37. The molecule has 0 aromatic carbocycles. The third-order valence-electron chi connectivity index (χ3n) is 1.66. The summed E-state index contributed by atoms with van der Waals surface area (Å²) in [4.78, 5) is 10.5. The molecule has 13 heavy (non-hydrogen) atoms. The molecule has 0 aliphatic carbocycles. The molecule has 1 aliphatic rings. The van der Waals surface area contributed by atoms with Gasteiger partial charge in [-0.25, -0.2) is 0 Å². The minimum atomic E-state index is -0.754. The van der Waals surface area contributed by atoms with E-state index in [4.69, 9.17) is 14.7 Å². The Kier molecular flexibility index (Phi) is 2.81. The molecule has 0 N–H and O–H groups in total. The van der Waals surface area contributed by atoms with E-state index < -0.39 is 18.0 Å². The van der Waals surface area contributed by atoms with Gasteiger partial charge in [0.05, 0.1) is 6.07 Å². The predicted molar refractivity (Wildman–Crippen MR) is 44.6 cm³/mol. The Morgan fingerprint density at radius 2 is 2.00 bits per heavy atom. The van der Waals surface area contributed by atoms with Crippen molar-refractivity contribution in [3.63, 3.8) is 0 Å². The number of allylic oxidation sites excluding steroid dienone is 1. The standard InChI is InChI=1S/C9H11NO3/c1-9(2)12-7(4-3-5-10)8(6-11)13-9/h3-4,6-8H,1-2H3/b4-3+. The summed E-state index contributed by atoms with van der Waals surface area (Å²) in [5.41, 5.74) is 0. The first-order valence-corrected chi connectivity index (χ1v) is 3.96. The summed E-state index contributed by atoms with van der Waals surface area (Å²) in [7, 11) is 0. The van der Waals surface area contributed by atoms with E-state index >= 15 is 0 Å². The van der Waals surface area contributed by atoms with Crippen LogP contribution in [-0.2, 0) is 14.3 Å². The van der Waals surface area contributed by atoms with Crippen molar-refractivity contribution in [1.82, 2.24) is 0 Å². The summed E-state index contributed by atoms with van der Waals surface area (Å²) < 4.78 is 10.6. The third kappa shape index (κ3) is 2.38. The van der Waals surface area contributed by atoms with E-state index in [0.29, 0.717) is 6.29 Å². The molecule has 2 unspecified atom stereocenters. The number of carbonyl (C=O) groups excluding carboxylic acids is 1. The second kappa shape index (κ2) is 3.69. The smallest absolute Gasteiger partial charge is 0.164 e. The number of nitriles is 1. The molecule has 4 heteroatoms.